The van der Waals surface area contributed by atoms with Crippen molar-refractivity contribution in [1.29, 1.82) is 0 Å². The molecule has 0 bridgehead atoms. The number of fused-ring (bicyclic) bond motifs is 1. The zero-order chi connectivity index (χ0) is 23.1. The number of rotatable bonds is 6. The first-order chi connectivity index (χ1) is 15.9. The average molecular weight is 449 g/mol. The van der Waals surface area contributed by atoms with Crippen molar-refractivity contribution < 1.29 is 18.8 Å². The number of primary amides is 1. The minimum Gasteiger partial charge on any atom is -0.364 e. The Hall–Kier alpha value is -3.75. The molecular weight excluding hydrogens is 425 g/mol. The summed E-state index contributed by atoms with van der Waals surface area (Å²) in [5, 5.41) is 7.71. The van der Waals surface area contributed by atoms with Gasteiger partial charge in [-0.2, -0.15) is 5.10 Å². The van der Waals surface area contributed by atoms with Crippen LogP contribution in [0.2, 0.25) is 0 Å². The summed E-state index contributed by atoms with van der Waals surface area (Å²) in [5.74, 6) is -1.23. The van der Waals surface area contributed by atoms with Crippen LogP contribution in [0.1, 0.15) is 34.8 Å². The van der Waals surface area contributed by atoms with E-state index in [9.17, 15) is 18.8 Å². The first kappa shape index (κ1) is 21.1. The van der Waals surface area contributed by atoms with Crippen molar-refractivity contribution in [3.05, 3.63) is 65.9 Å². The molecule has 2 unspecified atom stereocenters. The number of para-hydroxylation sites is 1. The molecule has 3 N–H and O–H groups in total. The van der Waals surface area contributed by atoms with Crippen LogP contribution in [-0.4, -0.2) is 57.2 Å². The molecule has 1 aromatic heterocycles. The van der Waals surface area contributed by atoms with Crippen molar-refractivity contribution in [3.8, 4) is 0 Å². The second-order valence-electron chi connectivity index (χ2n) is 8.65. The molecule has 3 aromatic rings. The van der Waals surface area contributed by atoms with Gasteiger partial charge in [-0.1, -0.05) is 48.5 Å². The van der Waals surface area contributed by atoms with Crippen LogP contribution < -0.4 is 11.1 Å². The summed E-state index contributed by atoms with van der Waals surface area (Å²) in [7, 11) is 0. The highest BCUT2D eigenvalue weighted by Crippen LogP contribution is 2.41. The van der Waals surface area contributed by atoms with Crippen molar-refractivity contribution in [2.45, 2.75) is 43.6 Å². The number of halogens is 1. The Labute approximate surface area is 189 Å². The SMILES string of the molecule is NC(=O)c1nn(CC(=O)N2C[C@H](F)C[C@H]2C(=O)NC2CC2c2ccccc2)c2ccccc12. The van der Waals surface area contributed by atoms with Gasteiger partial charge in [-0.05, 0) is 18.1 Å². The lowest BCUT2D eigenvalue weighted by Crippen LogP contribution is -2.47. The molecule has 33 heavy (non-hydrogen) atoms. The Bertz CT molecular complexity index is 1230. The van der Waals surface area contributed by atoms with E-state index in [4.69, 9.17) is 5.73 Å². The number of nitrogens with zero attached hydrogens (tertiary/aromatic N) is 3. The lowest BCUT2D eigenvalue weighted by atomic mass is 10.1. The molecule has 8 nitrogen and oxygen atoms in total. The smallest absolute Gasteiger partial charge is 0.269 e. The third-order valence-electron chi connectivity index (χ3n) is 6.40. The monoisotopic (exact) mass is 449 g/mol. The lowest BCUT2D eigenvalue weighted by molar-refractivity contribution is -0.139. The second kappa shape index (κ2) is 8.31. The van der Waals surface area contributed by atoms with E-state index in [1.165, 1.54) is 9.58 Å². The lowest BCUT2D eigenvalue weighted by Gasteiger charge is -2.24. The van der Waals surface area contributed by atoms with Gasteiger partial charge in [0, 0.05) is 23.8 Å². The van der Waals surface area contributed by atoms with E-state index < -0.39 is 24.0 Å². The van der Waals surface area contributed by atoms with Gasteiger partial charge in [-0.15, -0.1) is 0 Å². The molecule has 2 aliphatic rings. The van der Waals surface area contributed by atoms with Crippen LogP contribution in [0.3, 0.4) is 0 Å². The zero-order valence-corrected chi connectivity index (χ0v) is 17.9. The van der Waals surface area contributed by atoms with Crippen LogP contribution in [0.4, 0.5) is 4.39 Å². The van der Waals surface area contributed by atoms with Crippen LogP contribution >= 0.6 is 0 Å². The Morgan fingerprint density at radius 3 is 2.55 bits per heavy atom. The van der Waals surface area contributed by atoms with E-state index in [2.05, 4.69) is 10.4 Å². The summed E-state index contributed by atoms with van der Waals surface area (Å²) in [4.78, 5) is 39.0. The Kier molecular flexibility index (Phi) is 5.32. The number of alkyl halides is 1. The number of carbonyl (C=O) groups is 3. The molecule has 1 saturated heterocycles. The number of benzene rings is 2. The summed E-state index contributed by atoms with van der Waals surface area (Å²) < 4.78 is 15.7. The van der Waals surface area contributed by atoms with Crippen LogP contribution in [0.5, 0.6) is 0 Å². The molecule has 5 rings (SSSR count). The highest BCUT2D eigenvalue weighted by Gasteiger charge is 2.44. The molecule has 1 aliphatic carbocycles. The van der Waals surface area contributed by atoms with Crippen molar-refractivity contribution in [1.82, 2.24) is 20.0 Å². The quantitative estimate of drug-likeness (QED) is 0.597. The van der Waals surface area contributed by atoms with Gasteiger partial charge < -0.3 is 16.0 Å². The Morgan fingerprint density at radius 2 is 1.79 bits per heavy atom. The molecule has 2 aromatic carbocycles. The second-order valence-corrected chi connectivity index (χ2v) is 8.65. The number of carbonyl (C=O) groups excluding carboxylic acids is 3. The number of hydrogen-bond donors (Lipinski definition) is 2. The Morgan fingerprint density at radius 1 is 1.06 bits per heavy atom. The van der Waals surface area contributed by atoms with Crippen molar-refractivity contribution in [3.63, 3.8) is 0 Å². The minimum absolute atomic E-state index is 0.0105. The summed E-state index contributed by atoms with van der Waals surface area (Å²) in [6.45, 7) is -0.369. The summed E-state index contributed by atoms with van der Waals surface area (Å²) in [5.41, 5.74) is 7.21. The maximum Gasteiger partial charge on any atom is 0.269 e. The van der Waals surface area contributed by atoms with E-state index in [0.717, 1.165) is 12.0 Å². The number of amides is 3. The van der Waals surface area contributed by atoms with Crippen molar-refractivity contribution in [2.75, 3.05) is 6.54 Å². The highest BCUT2D eigenvalue weighted by molar-refractivity contribution is 6.04. The van der Waals surface area contributed by atoms with E-state index in [0.29, 0.717) is 10.9 Å². The van der Waals surface area contributed by atoms with Crippen LogP contribution in [0, 0.1) is 0 Å². The predicted octanol–water partition coefficient (Wildman–Crippen LogP) is 1.75. The molecule has 1 aliphatic heterocycles. The van der Waals surface area contributed by atoms with Gasteiger partial charge in [0.25, 0.3) is 5.91 Å². The summed E-state index contributed by atoms with van der Waals surface area (Å²) >= 11 is 0. The number of nitrogens with two attached hydrogens (primary N) is 1. The first-order valence-electron chi connectivity index (χ1n) is 11.0. The van der Waals surface area contributed by atoms with Crippen molar-refractivity contribution in [2.24, 2.45) is 5.73 Å². The Balaban J connectivity index is 1.29. The van der Waals surface area contributed by atoms with Crippen LogP contribution in [0.25, 0.3) is 10.9 Å². The summed E-state index contributed by atoms with van der Waals surface area (Å²) in [6, 6.07) is 16.0. The van der Waals surface area contributed by atoms with Gasteiger partial charge in [-0.3, -0.25) is 19.1 Å². The maximum atomic E-state index is 14.3. The fraction of sp³-hybridized carbons (Fsp3) is 0.333. The molecule has 9 heteroatoms. The van der Waals surface area contributed by atoms with Crippen molar-refractivity contribution >= 4 is 28.6 Å². The van der Waals surface area contributed by atoms with E-state index in [1.807, 2.05) is 30.3 Å². The molecule has 170 valence electrons. The molecule has 2 heterocycles. The van der Waals surface area contributed by atoms with Gasteiger partial charge >= 0.3 is 0 Å². The van der Waals surface area contributed by atoms with Crippen LogP contribution in [-0.2, 0) is 16.1 Å². The molecule has 0 spiro atoms. The molecule has 3 amide bonds. The minimum atomic E-state index is -1.27. The molecule has 0 radical (unpaired) electrons. The maximum absolute atomic E-state index is 14.3. The van der Waals surface area contributed by atoms with Gasteiger partial charge in [0.1, 0.15) is 18.8 Å². The number of aromatic nitrogens is 2. The third-order valence-corrected chi connectivity index (χ3v) is 6.40. The zero-order valence-electron chi connectivity index (χ0n) is 17.9. The van der Waals surface area contributed by atoms with Gasteiger partial charge in [0.05, 0.1) is 12.1 Å². The first-order valence-corrected chi connectivity index (χ1v) is 11.0. The van der Waals surface area contributed by atoms with Gasteiger partial charge in [-0.25, -0.2) is 4.39 Å². The van der Waals surface area contributed by atoms with E-state index in [-0.39, 0.29) is 43.1 Å². The number of nitrogens with one attached hydrogen (secondary N) is 1. The predicted molar refractivity (Wildman–Crippen MR) is 119 cm³/mol. The molecule has 2 fully saturated rings. The fourth-order valence-corrected chi connectivity index (χ4v) is 4.66. The largest absolute Gasteiger partial charge is 0.364 e. The third kappa shape index (κ3) is 4.06. The average Bonchev–Trinajstić information content (AvgIpc) is 3.30. The van der Waals surface area contributed by atoms with E-state index in [1.54, 1.807) is 24.3 Å². The standard InChI is InChI=1S/C24H24FN5O3/c25-15-10-20(24(33)27-18-11-17(18)14-6-2-1-3-7-14)29(12-15)21(31)13-30-19-9-5-4-8-16(19)22(28-30)23(26)32/h1-9,15,17-18,20H,10-13H2,(H2,26,32)(H,27,33)/t15-,17?,18?,20+/m1/s1. The highest BCUT2D eigenvalue weighted by atomic mass is 19.1. The molecule has 1 saturated carbocycles. The van der Waals surface area contributed by atoms with Gasteiger partial charge in [0.15, 0.2) is 5.69 Å². The normalized spacial score (nSPS) is 24.1. The van der Waals surface area contributed by atoms with E-state index >= 15 is 0 Å². The number of likely N-dealkylation sites (tertiary alicyclic amines) is 1. The van der Waals surface area contributed by atoms with Crippen LogP contribution in [0.15, 0.2) is 54.6 Å². The topological polar surface area (TPSA) is 110 Å². The summed E-state index contributed by atoms with van der Waals surface area (Å²) in [6.07, 6.45) is -0.485. The fourth-order valence-electron chi connectivity index (χ4n) is 4.66. The molecular formula is C24H24FN5O3. The van der Waals surface area contributed by atoms with Gasteiger partial charge in [0.2, 0.25) is 11.8 Å². The number of hydrogen-bond acceptors (Lipinski definition) is 4. The molecule has 4 atom stereocenters.